The lowest BCUT2D eigenvalue weighted by atomic mass is 10.1. The van der Waals surface area contributed by atoms with E-state index in [2.05, 4.69) is 20.8 Å². The van der Waals surface area contributed by atoms with E-state index < -0.39 is 0 Å². The molecule has 1 aromatic carbocycles. The molecule has 5 heteroatoms. The Morgan fingerprint density at radius 2 is 1.81 bits per heavy atom. The Morgan fingerprint density at radius 1 is 1.05 bits per heavy atom. The number of aromatic nitrogens is 2. The van der Waals surface area contributed by atoms with Gasteiger partial charge < -0.3 is 15.4 Å². The van der Waals surface area contributed by atoms with Gasteiger partial charge in [-0.2, -0.15) is 0 Å². The summed E-state index contributed by atoms with van der Waals surface area (Å²) in [4.78, 5) is 0. The number of rotatable bonds is 4. The predicted octanol–water partition coefficient (Wildman–Crippen LogP) is 2.32. The highest BCUT2D eigenvalue weighted by Gasteiger charge is 2.13. The molecule has 0 bridgehead atoms. The lowest BCUT2D eigenvalue weighted by Gasteiger charge is -2.23. The quantitative estimate of drug-likeness (QED) is 0.902. The van der Waals surface area contributed by atoms with E-state index in [1.165, 1.54) is 0 Å². The van der Waals surface area contributed by atoms with Crippen LogP contribution in [0.2, 0.25) is 0 Å². The molecule has 1 aliphatic heterocycles. The second kappa shape index (κ2) is 6.54. The van der Waals surface area contributed by atoms with Crippen molar-refractivity contribution in [3.63, 3.8) is 0 Å². The van der Waals surface area contributed by atoms with Crippen LogP contribution < -0.4 is 15.4 Å². The number of methoxy groups -OCH3 is 1. The van der Waals surface area contributed by atoms with E-state index in [4.69, 9.17) is 4.74 Å². The maximum atomic E-state index is 5.16. The Kier molecular flexibility index (Phi) is 4.31. The summed E-state index contributed by atoms with van der Waals surface area (Å²) in [6, 6.07) is 12.3. The first-order valence-electron chi connectivity index (χ1n) is 7.30. The van der Waals surface area contributed by atoms with Gasteiger partial charge in [-0.05, 0) is 62.3 Å². The van der Waals surface area contributed by atoms with Gasteiger partial charge >= 0.3 is 0 Å². The third-order valence-corrected chi connectivity index (χ3v) is 3.74. The lowest BCUT2D eigenvalue weighted by Crippen LogP contribution is -2.35. The highest BCUT2D eigenvalue weighted by atomic mass is 16.5. The number of anilines is 1. The van der Waals surface area contributed by atoms with Gasteiger partial charge in [-0.25, -0.2) is 0 Å². The standard InChI is InChI=1S/C16H20N4O/c1-21-14-4-2-12(3-5-14)15-6-7-16(20-19-15)18-13-8-10-17-11-9-13/h2-7,13,17H,8-11H2,1H3,(H,18,20). The van der Waals surface area contributed by atoms with Gasteiger partial charge in [0.2, 0.25) is 0 Å². The Labute approximate surface area is 124 Å². The molecule has 2 aromatic rings. The lowest BCUT2D eigenvalue weighted by molar-refractivity contribution is 0.415. The number of nitrogens with zero attached hydrogens (tertiary/aromatic N) is 2. The fraction of sp³-hybridized carbons (Fsp3) is 0.375. The van der Waals surface area contributed by atoms with E-state index >= 15 is 0 Å². The van der Waals surface area contributed by atoms with Crippen molar-refractivity contribution >= 4 is 5.82 Å². The highest BCUT2D eigenvalue weighted by molar-refractivity contribution is 5.60. The van der Waals surface area contributed by atoms with Crippen LogP contribution in [0.3, 0.4) is 0 Å². The molecule has 0 atom stereocenters. The zero-order chi connectivity index (χ0) is 14.5. The van der Waals surface area contributed by atoms with Gasteiger partial charge in [0.1, 0.15) is 11.6 Å². The molecular formula is C16H20N4O. The number of hydrogen-bond donors (Lipinski definition) is 2. The van der Waals surface area contributed by atoms with Crippen molar-refractivity contribution in [2.24, 2.45) is 0 Å². The first-order valence-corrected chi connectivity index (χ1v) is 7.30. The van der Waals surface area contributed by atoms with E-state index in [0.717, 1.165) is 48.8 Å². The third kappa shape index (κ3) is 3.49. The minimum Gasteiger partial charge on any atom is -0.497 e. The zero-order valence-electron chi connectivity index (χ0n) is 12.2. The average molecular weight is 284 g/mol. The molecule has 1 fully saturated rings. The summed E-state index contributed by atoms with van der Waals surface area (Å²) in [6.07, 6.45) is 2.25. The van der Waals surface area contributed by atoms with Crippen LogP contribution in [-0.4, -0.2) is 36.4 Å². The van der Waals surface area contributed by atoms with Gasteiger partial charge in [0.05, 0.1) is 12.8 Å². The van der Waals surface area contributed by atoms with Gasteiger partial charge in [0.15, 0.2) is 0 Å². The van der Waals surface area contributed by atoms with Crippen LogP contribution >= 0.6 is 0 Å². The second-order valence-electron chi connectivity index (χ2n) is 5.20. The Hall–Kier alpha value is -2.14. The molecule has 0 unspecified atom stereocenters. The minimum atomic E-state index is 0.493. The molecule has 1 aromatic heterocycles. The largest absolute Gasteiger partial charge is 0.497 e. The van der Waals surface area contributed by atoms with Gasteiger partial charge in [0, 0.05) is 11.6 Å². The molecular weight excluding hydrogens is 264 g/mol. The summed E-state index contributed by atoms with van der Waals surface area (Å²) < 4.78 is 5.16. The maximum absolute atomic E-state index is 5.16. The molecule has 21 heavy (non-hydrogen) atoms. The first-order chi connectivity index (χ1) is 10.3. The normalized spacial score (nSPS) is 15.7. The third-order valence-electron chi connectivity index (χ3n) is 3.74. The van der Waals surface area contributed by atoms with E-state index in [0.29, 0.717) is 6.04 Å². The van der Waals surface area contributed by atoms with Crippen LogP contribution in [0.25, 0.3) is 11.3 Å². The molecule has 3 rings (SSSR count). The van der Waals surface area contributed by atoms with E-state index in [9.17, 15) is 0 Å². The van der Waals surface area contributed by atoms with Crippen LogP contribution in [0, 0.1) is 0 Å². The Morgan fingerprint density at radius 3 is 2.43 bits per heavy atom. The van der Waals surface area contributed by atoms with Crippen molar-refractivity contribution in [3.05, 3.63) is 36.4 Å². The van der Waals surface area contributed by atoms with Gasteiger partial charge in [-0.1, -0.05) is 0 Å². The van der Waals surface area contributed by atoms with E-state index in [1.807, 2.05) is 36.4 Å². The van der Waals surface area contributed by atoms with Crippen LogP contribution in [0.1, 0.15) is 12.8 Å². The van der Waals surface area contributed by atoms with Crippen LogP contribution in [-0.2, 0) is 0 Å². The Bertz CT molecular complexity index is 562. The topological polar surface area (TPSA) is 59.1 Å². The van der Waals surface area contributed by atoms with Crippen LogP contribution in [0.4, 0.5) is 5.82 Å². The maximum Gasteiger partial charge on any atom is 0.148 e. The smallest absolute Gasteiger partial charge is 0.148 e. The monoisotopic (exact) mass is 284 g/mol. The summed E-state index contributed by atoms with van der Waals surface area (Å²) in [7, 11) is 1.66. The van der Waals surface area contributed by atoms with Crippen molar-refractivity contribution in [1.82, 2.24) is 15.5 Å². The summed E-state index contributed by atoms with van der Waals surface area (Å²) in [6.45, 7) is 2.13. The number of nitrogens with one attached hydrogen (secondary N) is 2. The van der Waals surface area contributed by atoms with E-state index in [-0.39, 0.29) is 0 Å². The molecule has 0 spiro atoms. The van der Waals surface area contributed by atoms with Gasteiger partial charge in [-0.3, -0.25) is 0 Å². The molecule has 1 saturated heterocycles. The molecule has 0 saturated carbocycles. The van der Waals surface area contributed by atoms with Crippen molar-refractivity contribution in [2.45, 2.75) is 18.9 Å². The molecule has 0 aliphatic carbocycles. The zero-order valence-corrected chi connectivity index (χ0v) is 12.2. The minimum absolute atomic E-state index is 0.493. The van der Waals surface area contributed by atoms with Crippen molar-refractivity contribution in [3.8, 4) is 17.0 Å². The summed E-state index contributed by atoms with van der Waals surface area (Å²) >= 11 is 0. The predicted molar refractivity (Wildman–Crippen MR) is 83.5 cm³/mol. The molecule has 0 radical (unpaired) electrons. The molecule has 110 valence electrons. The molecule has 0 amide bonds. The first kappa shape index (κ1) is 13.8. The second-order valence-corrected chi connectivity index (χ2v) is 5.20. The van der Waals surface area contributed by atoms with E-state index in [1.54, 1.807) is 7.11 Å². The summed E-state index contributed by atoms with van der Waals surface area (Å²) in [5.74, 6) is 1.69. The molecule has 2 heterocycles. The van der Waals surface area contributed by atoms with Crippen LogP contribution in [0.15, 0.2) is 36.4 Å². The molecule has 1 aliphatic rings. The van der Waals surface area contributed by atoms with Gasteiger partial charge in [0.25, 0.3) is 0 Å². The van der Waals surface area contributed by atoms with Crippen LogP contribution in [0.5, 0.6) is 5.75 Å². The number of ether oxygens (including phenoxy) is 1. The fourth-order valence-electron chi connectivity index (χ4n) is 2.50. The Balaban J connectivity index is 1.67. The van der Waals surface area contributed by atoms with Gasteiger partial charge in [-0.15, -0.1) is 10.2 Å². The van der Waals surface area contributed by atoms with Crippen molar-refractivity contribution in [1.29, 1.82) is 0 Å². The molecule has 2 N–H and O–H groups in total. The molecule has 5 nitrogen and oxygen atoms in total. The SMILES string of the molecule is COc1ccc(-c2ccc(NC3CCNCC3)nn2)cc1. The van der Waals surface area contributed by atoms with Crippen molar-refractivity contribution in [2.75, 3.05) is 25.5 Å². The summed E-state index contributed by atoms with van der Waals surface area (Å²) in [5, 5.41) is 15.4. The number of piperidine rings is 1. The number of benzene rings is 1. The fourth-order valence-corrected chi connectivity index (χ4v) is 2.50. The summed E-state index contributed by atoms with van der Waals surface area (Å²) in [5.41, 5.74) is 1.91. The van der Waals surface area contributed by atoms with Crippen molar-refractivity contribution < 1.29 is 4.74 Å². The highest BCUT2D eigenvalue weighted by Crippen LogP contribution is 2.21. The number of hydrogen-bond acceptors (Lipinski definition) is 5. The average Bonchev–Trinajstić information content (AvgIpc) is 2.57.